The Kier molecular flexibility index (Phi) is 4.86. The fraction of sp³-hybridized carbons (Fsp3) is 0.857. The summed E-state index contributed by atoms with van der Waals surface area (Å²) in [5.74, 6) is 1.98. The average molecular weight is 224 g/mol. The highest BCUT2D eigenvalue weighted by atomic mass is 16.6. The maximum atomic E-state index is 5.27. The Balaban J connectivity index is 0.000000123. The summed E-state index contributed by atoms with van der Waals surface area (Å²) in [6.45, 7) is 4.78. The zero-order valence-electron chi connectivity index (χ0n) is 10.4. The molecule has 0 aromatic rings. The standard InChI is InChI=1S/C7H14O2.C7H10/c1-2-3-4-8-5-7-6-9-7;1-2-7-4-3-6(1)5-7/h7H,2-6H2,1H3;1-2,6-7H,3-5H2. The van der Waals surface area contributed by atoms with Gasteiger partial charge in [-0.2, -0.15) is 0 Å². The summed E-state index contributed by atoms with van der Waals surface area (Å²) in [6.07, 6.45) is 12.0. The van der Waals surface area contributed by atoms with Gasteiger partial charge in [-0.3, -0.25) is 0 Å². The Labute approximate surface area is 99.0 Å². The highest BCUT2D eigenvalue weighted by Crippen LogP contribution is 2.38. The molecule has 0 N–H and O–H groups in total. The van der Waals surface area contributed by atoms with Gasteiger partial charge in [-0.1, -0.05) is 25.5 Å². The van der Waals surface area contributed by atoms with Crippen molar-refractivity contribution in [3.8, 4) is 0 Å². The molecular weight excluding hydrogens is 200 g/mol. The van der Waals surface area contributed by atoms with Gasteiger partial charge in [-0.05, 0) is 37.5 Å². The molecular formula is C14H24O2. The van der Waals surface area contributed by atoms with Crippen LogP contribution in [0.25, 0.3) is 0 Å². The number of rotatable bonds is 5. The van der Waals surface area contributed by atoms with Gasteiger partial charge in [0.25, 0.3) is 0 Å². The third-order valence-corrected chi connectivity index (χ3v) is 3.52. The van der Waals surface area contributed by atoms with Crippen molar-refractivity contribution in [1.29, 1.82) is 0 Å². The van der Waals surface area contributed by atoms with Gasteiger partial charge < -0.3 is 9.47 Å². The minimum absolute atomic E-state index is 0.432. The van der Waals surface area contributed by atoms with Gasteiger partial charge in [0.2, 0.25) is 0 Å². The van der Waals surface area contributed by atoms with Crippen LogP contribution in [0.3, 0.4) is 0 Å². The van der Waals surface area contributed by atoms with Gasteiger partial charge in [0.15, 0.2) is 0 Å². The molecule has 3 aliphatic rings. The van der Waals surface area contributed by atoms with Gasteiger partial charge in [-0.15, -0.1) is 0 Å². The van der Waals surface area contributed by atoms with Crippen LogP contribution in [0.15, 0.2) is 12.2 Å². The van der Waals surface area contributed by atoms with Crippen LogP contribution in [0.4, 0.5) is 0 Å². The lowest BCUT2D eigenvalue weighted by atomic mass is 10.1. The molecule has 0 amide bonds. The van der Waals surface area contributed by atoms with Gasteiger partial charge in [0.05, 0.1) is 13.2 Å². The second-order valence-electron chi connectivity index (χ2n) is 5.10. The summed E-state index contributed by atoms with van der Waals surface area (Å²) >= 11 is 0. The number of hydrogen-bond donors (Lipinski definition) is 0. The highest BCUT2D eigenvalue weighted by molar-refractivity contribution is 5.06. The minimum atomic E-state index is 0.432. The maximum absolute atomic E-state index is 5.27. The molecule has 16 heavy (non-hydrogen) atoms. The SMILES string of the molecule is C1=CC2CCC1C2.CCCCOCC1CO1. The van der Waals surface area contributed by atoms with E-state index in [2.05, 4.69) is 19.1 Å². The largest absolute Gasteiger partial charge is 0.379 e. The molecule has 1 heterocycles. The maximum Gasteiger partial charge on any atom is 0.104 e. The summed E-state index contributed by atoms with van der Waals surface area (Å²) in [5, 5.41) is 0. The smallest absolute Gasteiger partial charge is 0.104 e. The van der Waals surface area contributed by atoms with E-state index in [9.17, 15) is 0 Å². The van der Waals surface area contributed by atoms with Gasteiger partial charge >= 0.3 is 0 Å². The van der Waals surface area contributed by atoms with Crippen molar-refractivity contribution in [1.82, 2.24) is 0 Å². The van der Waals surface area contributed by atoms with E-state index in [1.807, 2.05) is 0 Å². The Bertz CT molecular complexity index is 209. The van der Waals surface area contributed by atoms with Crippen molar-refractivity contribution in [2.75, 3.05) is 19.8 Å². The number of fused-ring (bicyclic) bond motifs is 2. The summed E-state index contributed by atoms with van der Waals surface area (Å²) in [7, 11) is 0. The normalized spacial score (nSPS) is 33.7. The second kappa shape index (κ2) is 6.41. The van der Waals surface area contributed by atoms with Crippen LogP contribution < -0.4 is 0 Å². The number of epoxide rings is 1. The molecule has 2 nitrogen and oxygen atoms in total. The van der Waals surface area contributed by atoms with Crippen LogP contribution in [0, 0.1) is 11.8 Å². The third kappa shape index (κ3) is 4.26. The van der Waals surface area contributed by atoms with Crippen LogP contribution in [0.2, 0.25) is 0 Å². The van der Waals surface area contributed by atoms with Crippen molar-refractivity contribution in [3.63, 3.8) is 0 Å². The van der Waals surface area contributed by atoms with Gasteiger partial charge in [0, 0.05) is 6.61 Å². The molecule has 0 aromatic heterocycles. The first kappa shape index (κ1) is 12.1. The van der Waals surface area contributed by atoms with Crippen LogP contribution >= 0.6 is 0 Å². The van der Waals surface area contributed by atoms with Gasteiger partial charge in [-0.25, -0.2) is 0 Å². The molecule has 92 valence electrons. The van der Waals surface area contributed by atoms with Gasteiger partial charge in [0.1, 0.15) is 6.10 Å². The lowest BCUT2D eigenvalue weighted by Crippen LogP contribution is -2.01. The quantitative estimate of drug-likeness (QED) is 0.406. The summed E-state index contributed by atoms with van der Waals surface area (Å²) in [4.78, 5) is 0. The number of ether oxygens (including phenoxy) is 2. The molecule has 3 rings (SSSR count). The monoisotopic (exact) mass is 224 g/mol. The number of unbranched alkanes of at least 4 members (excludes halogenated alkanes) is 1. The predicted octanol–water partition coefficient (Wildman–Crippen LogP) is 3.17. The first-order valence-electron chi connectivity index (χ1n) is 6.76. The first-order chi connectivity index (χ1) is 7.88. The van der Waals surface area contributed by atoms with E-state index in [0.717, 1.165) is 31.7 Å². The molecule has 0 radical (unpaired) electrons. The van der Waals surface area contributed by atoms with E-state index in [1.165, 1.54) is 32.1 Å². The van der Waals surface area contributed by atoms with E-state index >= 15 is 0 Å². The molecule has 1 saturated heterocycles. The zero-order valence-corrected chi connectivity index (χ0v) is 10.4. The minimum Gasteiger partial charge on any atom is -0.379 e. The molecule has 1 saturated carbocycles. The van der Waals surface area contributed by atoms with Crippen LogP contribution in [-0.2, 0) is 9.47 Å². The average Bonchev–Trinajstić information content (AvgIpc) is 2.88. The Hall–Kier alpha value is -0.340. The van der Waals surface area contributed by atoms with Crippen molar-refractivity contribution in [2.45, 2.75) is 45.1 Å². The predicted molar refractivity (Wildman–Crippen MR) is 65.4 cm³/mol. The zero-order chi connectivity index (χ0) is 11.2. The van der Waals surface area contributed by atoms with E-state index in [0.29, 0.717) is 6.10 Å². The fourth-order valence-electron chi connectivity index (χ4n) is 2.34. The first-order valence-corrected chi connectivity index (χ1v) is 6.76. The Morgan fingerprint density at radius 2 is 1.94 bits per heavy atom. The Morgan fingerprint density at radius 3 is 2.31 bits per heavy atom. The lowest BCUT2D eigenvalue weighted by Gasteiger charge is -1.97. The molecule has 0 aromatic carbocycles. The van der Waals surface area contributed by atoms with Crippen LogP contribution in [-0.4, -0.2) is 25.9 Å². The molecule has 2 aliphatic carbocycles. The van der Waals surface area contributed by atoms with Crippen molar-refractivity contribution in [2.24, 2.45) is 11.8 Å². The highest BCUT2D eigenvalue weighted by Gasteiger charge is 2.25. The molecule has 3 unspecified atom stereocenters. The van der Waals surface area contributed by atoms with E-state index in [4.69, 9.17) is 9.47 Å². The van der Waals surface area contributed by atoms with Crippen molar-refractivity contribution < 1.29 is 9.47 Å². The van der Waals surface area contributed by atoms with Crippen molar-refractivity contribution in [3.05, 3.63) is 12.2 Å². The fourth-order valence-corrected chi connectivity index (χ4v) is 2.34. The Morgan fingerprint density at radius 1 is 1.25 bits per heavy atom. The molecule has 2 bridgehead atoms. The van der Waals surface area contributed by atoms with E-state index < -0.39 is 0 Å². The van der Waals surface area contributed by atoms with E-state index in [-0.39, 0.29) is 0 Å². The summed E-state index contributed by atoms with van der Waals surface area (Å²) in [6, 6.07) is 0. The lowest BCUT2D eigenvalue weighted by molar-refractivity contribution is 0.114. The molecule has 1 aliphatic heterocycles. The number of allylic oxidation sites excluding steroid dienone is 2. The second-order valence-corrected chi connectivity index (χ2v) is 5.10. The topological polar surface area (TPSA) is 21.8 Å². The van der Waals surface area contributed by atoms with Crippen LogP contribution in [0.1, 0.15) is 39.0 Å². The van der Waals surface area contributed by atoms with E-state index in [1.54, 1.807) is 0 Å². The summed E-state index contributed by atoms with van der Waals surface area (Å²) in [5.41, 5.74) is 0. The molecule has 3 atom stereocenters. The summed E-state index contributed by atoms with van der Waals surface area (Å²) < 4.78 is 10.2. The van der Waals surface area contributed by atoms with Crippen LogP contribution in [0.5, 0.6) is 0 Å². The molecule has 2 heteroatoms. The third-order valence-electron chi connectivity index (χ3n) is 3.52. The van der Waals surface area contributed by atoms with Crippen molar-refractivity contribution >= 4 is 0 Å². The molecule has 2 fully saturated rings. The number of hydrogen-bond acceptors (Lipinski definition) is 2. The molecule has 0 spiro atoms.